The van der Waals surface area contributed by atoms with Gasteiger partial charge < -0.3 is 19.5 Å². The summed E-state index contributed by atoms with van der Waals surface area (Å²) in [7, 11) is -4.32. The average Bonchev–Trinajstić information content (AvgIpc) is 2.91. The molecule has 14 heteroatoms. The van der Waals surface area contributed by atoms with Gasteiger partial charge in [-0.25, -0.2) is 8.42 Å². The first-order chi connectivity index (χ1) is 19.3. The molecular weight excluding hydrogens is 616 g/mol. The van der Waals surface area contributed by atoms with E-state index in [0.29, 0.717) is 5.56 Å². The zero-order chi connectivity index (χ0) is 30.3. The third kappa shape index (κ3) is 9.73. The van der Waals surface area contributed by atoms with Crippen molar-refractivity contribution in [2.24, 2.45) is 5.92 Å². The topological polar surface area (TPSA) is 154 Å². The molecule has 0 fully saturated rings. The third-order valence-electron chi connectivity index (χ3n) is 5.34. The number of sulfonamides is 1. The molecule has 42 heavy (non-hydrogen) atoms. The minimum atomic E-state index is -4.32. The zero-order valence-corrected chi connectivity index (χ0v) is 27.4. The van der Waals surface area contributed by atoms with Gasteiger partial charge in [0.2, 0.25) is 6.09 Å². The molecule has 0 radical (unpaired) electrons. The third-order valence-corrected chi connectivity index (χ3v) is 7.03. The number of nitriles is 1. The predicted molar refractivity (Wildman–Crippen MR) is 153 cm³/mol. The summed E-state index contributed by atoms with van der Waals surface area (Å²) in [5.41, 5.74) is 1.05. The van der Waals surface area contributed by atoms with E-state index in [1.165, 1.54) is 54.6 Å². The Morgan fingerprint density at radius 1 is 1.02 bits per heavy atom. The quantitative estimate of drug-likeness (QED) is 0.262. The van der Waals surface area contributed by atoms with E-state index in [4.69, 9.17) is 32.7 Å². The van der Waals surface area contributed by atoms with Crippen molar-refractivity contribution < 1.29 is 61.8 Å². The average molecular weight is 640 g/mol. The number of benzene rings is 3. The van der Waals surface area contributed by atoms with Crippen molar-refractivity contribution in [2.75, 3.05) is 18.5 Å². The maximum absolute atomic E-state index is 13.2. The standard InChI is InChI=1S/C28H25Cl2N3O7S.Na/c1-16(2)14-40-28(36)33-41(37,38)22-5-6-24(17(3)8-22)32-26(34)15-39-25-7-4-20(29)12-23(25)27(35)19-9-18(13-31)10-21(30)11-19;/h4-12,16H,14-15H2,1-3H3,(H2,32,33,34,36);/q;+1/p-1. The van der Waals surface area contributed by atoms with Gasteiger partial charge in [0.25, 0.3) is 5.91 Å². The van der Waals surface area contributed by atoms with Crippen LogP contribution in [0.5, 0.6) is 5.75 Å². The number of aryl methyl sites for hydroxylation is 1. The Morgan fingerprint density at radius 3 is 2.38 bits per heavy atom. The fourth-order valence-corrected chi connectivity index (χ4v) is 4.76. The Labute approximate surface area is 275 Å². The number of nitrogens with zero attached hydrogens (tertiary/aromatic N) is 2. The number of amides is 2. The van der Waals surface area contributed by atoms with Crippen molar-refractivity contribution in [3.63, 3.8) is 0 Å². The second-order valence-corrected chi connectivity index (χ2v) is 11.6. The number of nitrogens with one attached hydrogen (secondary N) is 1. The Balaban J connectivity index is 0.00000616. The number of rotatable bonds is 10. The minimum Gasteiger partial charge on any atom is -0.506 e. The molecular formula is C28H24Cl2N3NaO7S. The molecule has 0 atom stereocenters. The summed E-state index contributed by atoms with van der Waals surface area (Å²) in [6, 6.07) is 14.2. The SMILES string of the molecule is Cc1cc(S(=O)(=O)[N-]C(=O)OCC(C)C)ccc1NC(=O)COc1ccc(Cl)cc1C(=O)c1cc(Cl)cc(C#N)c1.[Na+]. The maximum Gasteiger partial charge on any atom is 1.00 e. The Hall–Kier alpha value is -3.11. The summed E-state index contributed by atoms with van der Waals surface area (Å²) in [5.74, 6) is -1.04. The molecule has 1 N–H and O–H groups in total. The molecule has 2 amide bonds. The number of hydrogen-bond acceptors (Lipinski definition) is 8. The van der Waals surface area contributed by atoms with Gasteiger partial charge in [-0.1, -0.05) is 37.0 Å². The molecule has 0 aromatic heterocycles. The van der Waals surface area contributed by atoms with Gasteiger partial charge in [-0.3, -0.25) is 14.4 Å². The van der Waals surface area contributed by atoms with Gasteiger partial charge in [0, 0.05) is 21.3 Å². The van der Waals surface area contributed by atoms with Gasteiger partial charge in [0.05, 0.1) is 28.7 Å². The normalized spacial score (nSPS) is 10.7. The van der Waals surface area contributed by atoms with Crippen LogP contribution in [0.2, 0.25) is 10.0 Å². The molecule has 0 saturated carbocycles. The van der Waals surface area contributed by atoms with Crippen LogP contribution in [0.15, 0.2) is 59.5 Å². The molecule has 3 aromatic carbocycles. The van der Waals surface area contributed by atoms with Crippen molar-refractivity contribution in [2.45, 2.75) is 25.7 Å². The van der Waals surface area contributed by atoms with Gasteiger partial charge in [-0.2, -0.15) is 5.26 Å². The van der Waals surface area contributed by atoms with Crippen LogP contribution < -0.4 is 39.6 Å². The molecule has 0 aliphatic heterocycles. The molecule has 0 spiro atoms. The fourth-order valence-electron chi connectivity index (χ4n) is 3.43. The first-order valence-corrected chi connectivity index (χ1v) is 14.2. The van der Waals surface area contributed by atoms with Crippen molar-refractivity contribution in [3.05, 3.63) is 91.6 Å². The number of carbonyl (C=O) groups excluding carboxylic acids is 3. The van der Waals surface area contributed by atoms with Crippen molar-refractivity contribution >= 4 is 56.7 Å². The minimum absolute atomic E-state index is 0. The van der Waals surface area contributed by atoms with Crippen LogP contribution in [0, 0.1) is 24.2 Å². The molecule has 3 rings (SSSR count). The Morgan fingerprint density at radius 2 is 1.74 bits per heavy atom. The van der Waals surface area contributed by atoms with Crippen molar-refractivity contribution in [1.29, 1.82) is 5.26 Å². The van der Waals surface area contributed by atoms with Crippen molar-refractivity contribution in [3.8, 4) is 11.8 Å². The summed E-state index contributed by atoms with van der Waals surface area (Å²) in [5, 5.41) is 12.2. The molecule has 10 nitrogen and oxygen atoms in total. The van der Waals surface area contributed by atoms with E-state index in [9.17, 15) is 28.1 Å². The van der Waals surface area contributed by atoms with E-state index in [2.05, 4.69) is 10.0 Å². The van der Waals surface area contributed by atoms with E-state index in [1.54, 1.807) is 20.8 Å². The van der Waals surface area contributed by atoms with E-state index >= 15 is 0 Å². The van der Waals surface area contributed by atoms with Gasteiger partial charge >= 0.3 is 29.6 Å². The van der Waals surface area contributed by atoms with Crippen LogP contribution in [-0.2, 0) is 19.6 Å². The van der Waals surface area contributed by atoms with Crippen LogP contribution >= 0.6 is 23.2 Å². The molecule has 0 aliphatic carbocycles. The van der Waals surface area contributed by atoms with Gasteiger partial charge in [0.1, 0.15) is 15.8 Å². The van der Waals surface area contributed by atoms with Crippen LogP contribution in [0.25, 0.3) is 4.72 Å². The van der Waals surface area contributed by atoms with Gasteiger partial charge in [-0.05, 0) is 73.0 Å². The van der Waals surface area contributed by atoms with E-state index in [1.807, 2.05) is 6.07 Å². The molecule has 3 aromatic rings. The van der Waals surface area contributed by atoms with Crippen molar-refractivity contribution in [1.82, 2.24) is 0 Å². The maximum atomic E-state index is 13.2. The summed E-state index contributed by atoms with van der Waals surface area (Å²) in [4.78, 5) is 37.3. The molecule has 0 bridgehead atoms. The summed E-state index contributed by atoms with van der Waals surface area (Å²) in [6.45, 7) is 4.67. The predicted octanol–water partition coefficient (Wildman–Crippen LogP) is 3.28. The number of ketones is 1. The number of ether oxygens (including phenoxy) is 2. The first kappa shape index (κ1) is 35.1. The fraction of sp³-hybridized carbons (Fsp3) is 0.214. The monoisotopic (exact) mass is 639 g/mol. The van der Waals surface area contributed by atoms with Crippen LogP contribution in [-0.4, -0.2) is 39.4 Å². The number of hydrogen-bond donors (Lipinski definition) is 1. The Kier molecular flexibility index (Phi) is 12.9. The molecule has 0 saturated heterocycles. The summed E-state index contributed by atoms with van der Waals surface area (Å²) in [6.07, 6.45) is -1.22. The molecule has 0 heterocycles. The Bertz CT molecular complexity index is 1660. The smallest absolute Gasteiger partial charge is 0.506 e. The second kappa shape index (κ2) is 15.4. The molecule has 0 unspecified atom stereocenters. The molecule has 214 valence electrons. The summed E-state index contributed by atoms with van der Waals surface area (Å²) >= 11 is 12.1. The van der Waals surface area contributed by atoms with E-state index < -0.39 is 34.4 Å². The summed E-state index contributed by atoms with van der Waals surface area (Å²) < 4.78 is 38.5. The first-order valence-electron chi connectivity index (χ1n) is 12.0. The van der Waals surface area contributed by atoms with E-state index in [0.717, 1.165) is 0 Å². The largest absolute Gasteiger partial charge is 1.00 e. The second-order valence-electron chi connectivity index (χ2n) is 9.16. The van der Waals surface area contributed by atoms with Gasteiger partial charge in [-0.15, -0.1) is 0 Å². The number of carbonyl (C=O) groups is 3. The number of halogens is 2. The zero-order valence-electron chi connectivity index (χ0n) is 23.1. The van der Waals surface area contributed by atoms with Crippen LogP contribution in [0.1, 0.15) is 40.9 Å². The van der Waals surface area contributed by atoms with Gasteiger partial charge in [0.15, 0.2) is 12.4 Å². The number of anilines is 1. The van der Waals surface area contributed by atoms with Crippen LogP contribution in [0.3, 0.4) is 0 Å². The van der Waals surface area contributed by atoms with Crippen LogP contribution in [0.4, 0.5) is 10.5 Å². The van der Waals surface area contributed by atoms with E-state index in [-0.39, 0.29) is 85.2 Å². The molecule has 0 aliphatic rings.